The molecule has 2 N–H and O–H groups in total. The van der Waals surface area contributed by atoms with E-state index < -0.39 is 20.9 Å². The predicted molar refractivity (Wildman–Crippen MR) is 188 cm³/mol. The molecule has 0 aromatic heterocycles. The Labute approximate surface area is 286 Å². The maximum atomic E-state index is 13.3. The number of carbonyl (C=O) groups excluding carboxylic acids is 1. The Hall–Kier alpha value is -3.65. The van der Waals surface area contributed by atoms with Crippen LogP contribution in [-0.2, 0) is 14.8 Å². The van der Waals surface area contributed by atoms with Crippen molar-refractivity contribution < 1.29 is 22.9 Å². The van der Waals surface area contributed by atoms with E-state index in [0.29, 0.717) is 30.9 Å². The minimum absolute atomic E-state index is 0.175. The predicted octanol–water partition coefficient (Wildman–Crippen LogP) is 5.78. The lowest BCUT2D eigenvalue weighted by molar-refractivity contribution is -0.384. The number of benzene rings is 3. The van der Waals surface area contributed by atoms with Crippen molar-refractivity contribution in [2.45, 2.75) is 54.4 Å². The number of nitrogens with zero attached hydrogens (tertiary/aromatic N) is 3. The molecule has 13 heteroatoms. The summed E-state index contributed by atoms with van der Waals surface area (Å²) in [6, 6.07) is 20.4. The lowest BCUT2D eigenvalue weighted by Crippen LogP contribution is -2.44. The van der Waals surface area contributed by atoms with E-state index in [0.717, 1.165) is 42.8 Å². The van der Waals surface area contributed by atoms with Gasteiger partial charge in [0.25, 0.3) is 21.6 Å². The number of nitro benzene ring substituents is 1. The number of thioether (sulfide) groups is 1. The van der Waals surface area contributed by atoms with Crippen molar-refractivity contribution in [3.63, 3.8) is 0 Å². The van der Waals surface area contributed by atoms with Gasteiger partial charge in [0.2, 0.25) is 0 Å². The summed E-state index contributed by atoms with van der Waals surface area (Å²) in [6.07, 6.45) is 7.64. The minimum Gasteiger partial charge on any atom is -0.379 e. The molecule has 3 aromatic rings. The zero-order valence-electron chi connectivity index (χ0n) is 27.0. The van der Waals surface area contributed by atoms with Gasteiger partial charge in [0.1, 0.15) is 5.69 Å². The van der Waals surface area contributed by atoms with Crippen molar-refractivity contribution in [2.75, 3.05) is 61.9 Å². The Morgan fingerprint density at radius 1 is 0.938 bits per heavy atom. The summed E-state index contributed by atoms with van der Waals surface area (Å²) in [4.78, 5) is 29.9. The number of sulfonamides is 1. The fourth-order valence-electron chi connectivity index (χ4n) is 7.05. The van der Waals surface area contributed by atoms with Crippen molar-refractivity contribution in [3.05, 3.63) is 88.5 Å². The monoisotopic (exact) mass is 693 g/mol. The number of amides is 1. The van der Waals surface area contributed by atoms with Gasteiger partial charge in [0.15, 0.2) is 0 Å². The number of rotatable bonds is 12. The van der Waals surface area contributed by atoms with Crippen LogP contribution in [0.15, 0.2) is 82.6 Å². The molecule has 256 valence electrons. The molecule has 1 atom stereocenters. The van der Waals surface area contributed by atoms with Crippen LogP contribution in [0.5, 0.6) is 0 Å². The van der Waals surface area contributed by atoms with Gasteiger partial charge in [0, 0.05) is 66.7 Å². The Morgan fingerprint density at radius 2 is 1.62 bits per heavy atom. The zero-order valence-corrected chi connectivity index (χ0v) is 28.6. The van der Waals surface area contributed by atoms with Crippen LogP contribution in [0, 0.1) is 15.5 Å². The number of anilines is 2. The standard InChI is InChI=1S/C35H43N5O6S2/c41-34(27-8-10-29(11-9-27)39-18-16-35(17-19-39)14-4-5-15-35)37-48(44,45)31-12-13-32(33(24-31)40(42)43)36-28(25-38-20-22-46-23-21-38)26-47-30-6-2-1-3-7-30/h1-3,6-13,24,28,36H,4-5,14-23,25-26H2,(H,37,41)/t28-/m1/s1. The first-order chi connectivity index (χ1) is 23.2. The van der Waals surface area contributed by atoms with Crippen LogP contribution in [-0.4, -0.2) is 81.9 Å². The summed E-state index contributed by atoms with van der Waals surface area (Å²) >= 11 is 1.64. The van der Waals surface area contributed by atoms with Crippen LogP contribution in [0.2, 0.25) is 0 Å². The Morgan fingerprint density at radius 3 is 2.29 bits per heavy atom. The molecule has 1 aliphatic carbocycles. The van der Waals surface area contributed by atoms with Crippen molar-refractivity contribution >= 4 is 44.8 Å². The van der Waals surface area contributed by atoms with Crippen LogP contribution in [0.25, 0.3) is 0 Å². The molecular weight excluding hydrogens is 651 g/mol. The van der Waals surface area contributed by atoms with Gasteiger partial charge >= 0.3 is 0 Å². The van der Waals surface area contributed by atoms with Gasteiger partial charge < -0.3 is 15.0 Å². The van der Waals surface area contributed by atoms with Gasteiger partial charge in [-0.2, -0.15) is 0 Å². The lowest BCUT2D eigenvalue weighted by atomic mass is 9.77. The third kappa shape index (κ3) is 8.49. The molecule has 1 saturated carbocycles. The molecule has 0 bridgehead atoms. The maximum Gasteiger partial charge on any atom is 0.293 e. The van der Waals surface area contributed by atoms with Crippen molar-refractivity contribution in [1.82, 2.24) is 9.62 Å². The highest BCUT2D eigenvalue weighted by Gasteiger charge is 2.37. The average molecular weight is 694 g/mol. The van der Waals surface area contributed by atoms with Gasteiger partial charge in [-0.25, -0.2) is 13.1 Å². The number of ether oxygens (including phenoxy) is 1. The Bertz CT molecular complexity index is 1670. The number of carbonyl (C=O) groups is 1. The van der Waals surface area contributed by atoms with E-state index >= 15 is 0 Å². The molecule has 6 rings (SSSR count). The van der Waals surface area contributed by atoms with Gasteiger partial charge in [0.05, 0.1) is 23.0 Å². The summed E-state index contributed by atoms with van der Waals surface area (Å²) in [5, 5.41) is 15.5. The van der Waals surface area contributed by atoms with Crippen LogP contribution in [0.1, 0.15) is 48.9 Å². The lowest BCUT2D eigenvalue weighted by Gasteiger charge is -2.40. The summed E-state index contributed by atoms with van der Waals surface area (Å²) in [6.45, 7) is 5.35. The van der Waals surface area contributed by atoms with Gasteiger partial charge in [-0.1, -0.05) is 31.0 Å². The van der Waals surface area contributed by atoms with E-state index in [-0.39, 0.29) is 27.9 Å². The largest absolute Gasteiger partial charge is 0.379 e. The highest BCUT2D eigenvalue weighted by molar-refractivity contribution is 7.99. The second kappa shape index (κ2) is 15.3. The molecule has 1 amide bonds. The van der Waals surface area contributed by atoms with Crippen molar-refractivity contribution in [2.24, 2.45) is 5.41 Å². The molecule has 2 aliphatic heterocycles. The highest BCUT2D eigenvalue weighted by atomic mass is 32.2. The van der Waals surface area contributed by atoms with E-state index in [1.54, 1.807) is 23.9 Å². The molecule has 0 radical (unpaired) electrons. The minimum atomic E-state index is -4.39. The van der Waals surface area contributed by atoms with E-state index in [4.69, 9.17) is 4.74 Å². The first kappa shape index (κ1) is 34.2. The number of morpholine rings is 1. The molecule has 3 aromatic carbocycles. The van der Waals surface area contributed by atoms with Gasteiger partial charge in [-0.15, -0.1) is 11.8 Å². The van der Waals surface area contributed by atoms with E-state index in [9.17, 15) is 23.3 Å². The van der Waals surface area contributed by atoms with Crippen molar-refractivity contribution in [3.8, 4) is 0 Å². The first-order valence-electron chi connectivity index (χ1n) is 16.6. The second-order valence-corrected chi connectivity index (χ2v) is 15.8. The molecule has 2 heterocycles. The average Bonchev–Trinajstić information content (AvgIpc) is 3.56. The highest BCUT2D eigenvalue weighted by Crippen LogP contribution is 2.46. The number of nitrogens with one attached hydrogen (secondary N) is 2. The van der Waals surface area contributed by atoms with Crippen LogP contribution < -0.4 is 14.9 Å². The molecule has 3 aliphatic rings. The fraction of sp³-hybridized carbons (Fsp3) is 0.457. The SMILES string of the molecule is O=C(NS(=O)(=O)c1ccc(N[C@@H](CSc2ccccc2)CN2CCOCC2)c([N+](=O)[O-])c1)c1ccc(N2CCC3(CCCC3)CC2)cc1. The van der Waals surface area contributed by atoms with Gasteiger partial charge in [-0.3, -0.25) is 19.8 Å². The normalized spacial score (nSPS) is 18.8. The summed E-state index contributed by atoms with van der Waals surface area (Å²) in [7, 11) is -4.39. The van der Waals surface area contributed by atoms with Crippen LogP contribution in [0.3, 0.4) is 0 Å². The molecule has 11 nitrogen and oxygen atoms in total. The molecule has 3 fully saturated rings. The van der Waals surface area contributed by atoms with E-state index in [2.05, 4.69) is 19.8 Å². The zero-order chi connectivity index (χ0) is 33.6. The third-order valence-corrected chi connectivity index (χ3v) is 12.3. The number of piperidine rings is 1. The molecule has 48 heavy (non-hydrogen) atoms. The molecule has 0 unspecified atom stereocenters. The number of hydrogen-bond donors (Lipinski definition) is 2. The molecule has 2 saturated heterocycles. The van der Waals surface area contributed by atoms with E-state index in [1.165, 1.54) is 50.7 Å². The quantitative estimate of drug-likeness (QED) is 0.137. The number of hydrogen-bond acceptors (Lipinski definition) is 10. The van der Waals surface area contributed by atoms with Gasteiger partial charge in [-0.05, 0) is 79.6 Å². The Kier molecular flexibility index (Phi) is 10.9. The van der Waals surface area contributed by atoms with Crippen LogP contribution >= 0.6 is 11.8 Å². The number of nitro groups is 1. The Balaban J connectivity index is 1.12. The third-order valence-electron chi connectivity index (χ3n) is 9.82. The first-order valence-corrected chi connectivity index (χ1v) is 19.1. The topological polar surface area (TPSA) is 134 Å². The molecule has 1 spiro atoms. The summed E-state index contributed by atoms with van der Waals surface area (Å²) in [5.74, 6) is -0.162. The second-order valence-electron chi connectivity index (χ2n) is 13.0. The van der Waals surface area contributed by atoms with Crippen molar-refractivity contribution in [1.29, 1.82) is 0 Å². The molecular formula is C35H43N5O6S2. The fourth-order valence-corrected chi connectivity index (χ4v) is 8.97. The van der Waals surface area contributed by atoms with Crippen LogP contribution in [0.4, 0.5) is 17.1 Å². The summed E-state index contributed by atoms with van der Waals surface area (Å²) in [5.41, 5.74) is 1.54. The maximum absolute atomic E-state index is 13.3. The smallest absolute Gasteiger partial charge is 0.293 e. The summed E-state index contributed by atoms with van der Waals surface area (Å²) < 4.78 is 34.1. The van der Waals surface area contributed by atoms with E-state index in [1.807, 2.05) is 42.5 Å².